The summed E-state index contributed by atoms with van der Waals surface area (Å²) in [6, 6.07) is 4.10. The molecule has 0 unspecified atom stereocenters. The second-order valence-corrected chi connectivity index (χ2v) is 9.94. The number of aromatic nitrogens is 2. The average Bonchev–Trinajstić information content (AvgIpc) is 3.50. The molecule has 1 aliphatic rings. The van der Waals surface area contributed by atoms with Crippen molar-refractivity contribution in [2.45, 2.75) is 50.1 Å². The molecule has 2 aromatic heterocycles. The standard InChI is InChI=1S/C21H26N4O6S.ClH/c1-3-8-30-21(27)31-17-10-23-19-18(17)15-9-14(6-7-16(15)24-20(19)26)32(28,29)25(11-12(2)22)13-4-5-13;/h6-7,9-10,12-13,23H,3-5,8,11,22H2,1-2H3,(H,24,26);1H/t12-;/m1./s1. The third-order valence-electron chi connectivity index (χ3n) is 5.23. The van der Waals surface area contributed by atoms with Gasteiger partial charge >= 0.3 is 6.16 Å². The Kier molecular flexibility index (Phi) is 7.37. The molecule has 1 aliphatic carbocycles. The van der Waals surface area contributed by atoms with Crippen LogP contribution in [0.15, 0.2) is 34.1 Å². The first-order valence-electron chi connectivity index (χ1n) is 10.5. The van der Waals surface area contributed by atoms with Crippen molar-refractivity contribution in [2.24, 2.45) is 5.73 Å². The SMILES string of the molecule is CCCOC(=O)Oc1c[nH]c2c(=O)[nH]c3ccc(S(=O)(=O)N(C[C@@H](C)N)C4CC4)cc3c12.Cl. The number of hydrogen-bond acceptors (Lipinski definition) is 7. The molecule has 4 rings (SSSR count). The van der Waals surface area contributed by atoms with Crippen LogP contribution in [0.3, 0.4) is 0 Å². The predicted molar refractivity (Wildman–Crippen MR) is 127 cm³/mol. The molecular formula is C21H27ClN4O6S. The minimum atomic E-state index is -3.82. The normalized spacial score (nSPS) is 14.9. The van der Waals surface area contributed by atoms with Gasteiger partial charge in [-0.15, -0.1) is 12.4 Å². The first kappa shape index (κ1) is 25.0. The lowest BCUT2D eigenvalue weighted by Gasteiger charge is -2.23. The van der Waals surface area contributed by atoms with E-state index in [2.05, 4.69) is 9.97 Å². The summed E-state index contributed by atoms with van der Waals surface area (Å²) >= 11 is 0. The van der Waals surface area contributed by atoms with Crippen LogP contribution in [-0.2, 0) is 14.8 Å². The molecule has 1 atom stereocenters. The number of carbonyl (C=O) groups is 1. The molecule has 4 N–H and O–H groups in total. The van der Waals surface area contributed by atoms with E-state index >= 15 is 0 Å². The minimum absolute atomic E-state index is 0. The second kappa shape index (κ2) is 9.72. The van der Waals surface area contributed by atoms with Gasteiger partial charge in [0.15, 0.2) is 5.75 Å². The summed E-state index contributed by atoms with van der Waals surface area (Å²) in [4.78, 5) is 30.0. The van der Waals surface area contributed by atoms with E-state index in [1.807, 2.05) is 6.92 Å². The molecule has 0 spiro atoms. The van der Waals surface area contributed by atoms with Crippen LogP contribution >= 0.6 is 12.4 Å². The van der Waals surface area contributed by atoms with Gasteiger partial charge in [-0.1, -0.05) is 6.92 Å². The third kappa shape index (κ3) is 5.01. The van der Waals surface area contributed by atoms with Crippen molar-refractivity contribution in [3.05, 3.63) is 34.7 Å². The predicted octanol–water partition coefficient (Wildman–Crippen LogP) is 2.86. The number of ether oxygens (including phenoxy) is 2. The van der Waals surface area contributed by atoms with E-state index in [0.717, 1.165) is 12.8 Å². The number of H-pyrrole nitrogens is 2. The molecule has 0 amide bonds. The van der Waals surface area contributed by atoms with Crippen LogP contribution in [0.5, 0.6) is 5.75 Å². The maximum absolute atomic E-state index is 13.4. The molecule has 180 valence electrons. The lowest BCUT2D eigenvalue weighted by atomic mass is 10.1. The summed E-state index contributed by atoms with van der Waals surface area (Å²) in [7, 11) is -3.82. The van der Waals surface area contributed by atoms with E-state index in [1.54, 1.807) is 6.92 Å². The minimum Gasteiger partial charge on any atom is -0.434 e. The van der Waals surface area contributed by atoms with Crippen LogP contribution in [0, 0.1) is 0 Å². The lowest BCUT2D eigenvalue weighted by Crippen LogP contribution is -2.41. The fourth-order valence-electron chi connectivity index (χ4n) is 3.65. The van der Waals surface area contributed by atoms with Gasteiger partial charge in [0.05, 0.1) is 16.9 Å². The first-order valence-corrected chi connectivity index (χ1v) is 12.0. The summed E-state index contributed by atoms with van der Waals surface area (Å²) < 4.78 is 38.5. The summed E-state index contributed by atoms with van der Waals surface area (Å²) in [5.74, 6) is 0.0846. The molecule has 10 nitrogen and oxygen atoms in total. The molecule has 2 heterocycles. The first-order chi connectivity index (χ1) is 15.2. The van der Waals surface area contributed by atoms with Crippen LogP contribution < -0.4 is 16.0 Å². The van der Waals surface area contributed by atoms with Crippen LogP contribution in [-0.4, -0.2) is 54.1 Å². The number of pyridine rings is 1. The Bertz CT molecular complexity index is 1330. The van der Waals surface area contributed by atoms with Crippen molar-refractivity contribution >= 4 is 50.4 Å². The van der Waals surface area contributed by atoms with Gasteiger partial charge in [-0.05, 0) is 44.4 Å². The van der Waals surface area contributed by atoms with E-state index in [-0.39, 0.29) is 53.8 Å². The number of aromatic amines is 2. The number of sulfonamides is 1. The quantitative estimate of drug-likeness (QED) is 0.404. The van der Waals surface area contributed by atoms with E-state index in [0.29, 0.717) is 22.7 Å². The van der Waals surface area contributed by atoms with Gasteiger partial charge in [0.25, 0.3) is 5.56 Å². The van der Waals surface area contributed by atoms with Gasteiger partial charge in [0.2, 0.25) is 10.0 Å². The zero-order valence-electron chi connectivity index (χ0n) is 18.3. The van der Waals surface area contributed by atoms with Crippen LogP contribution in [0.25, 0.3) is 21.8 Å². The van der Waals surface area contributed by atoms with Crippen molar-refractivity contribution in [2.75, 3.05) is 13.2 Å². The number of nitrogens with zero attached hydrogens (tertiary/aromatic N) is 1. The van der Waals surface area contributed by atoms with Gasteiger partial charge in [-0.3, -0.25) is 4.79 Å². The smallest absolute Gasteiger partial charge is 0.434 e. The fourth-order valence-corrected chi connectivity index (χ4v) is 5.46. The van der Waals surface area contributed by atoms with E-state index in [9.17, 15) is 18.0 Å². The summed E-state index contributed by atoms with van der Waals surface area (Å²) in [6.07, 6.45) is 2.70. The Morgan fingerprint density at radius 3 is 2.70 bits per heavy atom. The molecular weight excluding hydrogens is 472 g/mol. The van der Waals surface area contributed by atoms with Crippen LogP contribution in [0.1, 0.15) is 33.1 Å². The highest BCUT2D eigenvalue weighted by molar-refractivity contribution is 7.89. The van der Waals surface area contributed by atoms with Crippen molar-refractivity contribution in [3.63, 3.8) is 0 Å². The second-order valence-electron chi connectivity index (χ2n) is 8.05. The zero-order chi connectivity index (χ0) is 23.0. The highest BCUT2D eigenvalue weighted by atomic mass is 35.5. The Labute approximate surface area is 196 Å². The molecule has 1 aromatic carbocycles. The highest BCUT2D eigenvalue weighted by Crippen LogP contribution is 2.35. The van der Waals surface area contributed by atoms with Crippen molar-refractivity contribution in [3.8, 4) is 5.75 Å². The van der Waals surface area contributed by atoms with Gasteiger partial charge in [0, 0.05) is 35.7 Å². The maximum atomic E-state index is 13.4. The Balaban J connectivity index is 0.00000306. The topological polar surface area (TPSA) is 148 Å². The van der Waals surface area contributed by atoms with Crippen LogP contribution in [0.4, 0.5) is 4.79 Å². The summed E-state index contributed by atoms with van der Waals surface area (Å²) in [5.41, 5.74) is 6.05. The summed E-state index contributed by atoms with van der Waals surface area (Å²) in [5, 5.41) is 0.733. The number of rotatable bonds is 8. The highest BCUT2D eigenvalue weighted by Gasteiger charge is 2.38. The summed E-state index contributed by atoms with van der Waals surface area (Å²) in [6.45, 7) is 4.03. The van der Waals surface area contributed by atoms with Gasteiger partial charge < -0.3 is 25.2 Å². The zero-order valence-corrected chi connectivity index (χ0v) is 19.9. The Morgan fingerprint density at radius 1 is 1.33 bits per heavy atom. The lowest BCUT2D eigenvalue weighted by molar-refractivity contribution is 0.0997. The fraction of sp³-hybridized carbons (Fsp3) is 0.429. The Morgan fingerprint density at radius 2 is 2.06 bits per heavy atom. The van der Waals surface area contributed by atoms with Gasteiger partial charge in [-0.2, -0.15) is 4.31 Å². The third-order valence-corrected chi connectivity index (χ3v) is 7.14. The molecule has 33 heavy (non-hydrogen) atoms. The Hall–Kier alpha value is -2.60. The van der Waals surface area contributed by atoms with Crippen molar-refractivity contribution in [1.29, 1.82) is 0 Å². The number of nitrogens with one attached hydrogen (secondary N) is 2. The number of nitrogens with two attached hydrogens (primary N) is 1. The molecule has 0 aliphatic heterocycles. The monoisotopic (exact) mass is 498 g/mol. The number of benzene rings is 1. The van der Waals surface area contributed by atoms with Crippen LogP contribution in [0.2, 0.25) is 0 Å². The molecule has 0 bridgehead atoms. The largest absolute Gasteiger partial charge is 0.513 e. The van der Waals surface area contributed by atoms with E-state index in [1.165, 1.54) is 28.7 Å². The average molecular weight is 499 g/mol. The number of fused-ring (bicyclic) bond motifs is 3. The number of hydrogen-bond donors (Lipinski definition) is 3. The number of carbonyl (C=O) groups excluding carboxylic acids is 1. The van der Waals surface area contributed by atoms with Crippen molar-refractivity contribution < 1.29 is 22.7 Å². The van der Waals surface area contributed by atoms with E-state index < -0.39 is 21.7 Å². The number of halogens is 1. The van der Waals surface area contributed by atoms with E-state index in [4.69, 9.17) is 15.2 Å². The molecule has 0 radical (unpaired) electrons. The molecule has 3 aromatic rings. The molecule has 0 saturated heterocycles. The van der Waals surface area contributed by atoms with Gasteiger partial charge in [0.1, 0.15) is 5.52 Å². The van der Waals surface area contributed by atoms with Crippen molar-refractivity contribution in [1.82, 2.24) is 14.3 Å². The maximum Gasteiger partial charge on any atom is 0.513 e. The molecule has 1 fully saturated rings. The molecule has 12 heteroatoms. The molecule has 1 saturated carbocycles. The van der Waals surface area contributed by atoms with Gasteiger partial charge in [-0.25, -0.2) is 13.2 Å².